The Bertz CT molecular complexity index is 840. The van der Waals surface area contributed by atoms with Crippen LogP contribution in [-0.4, -0.2) is 37.1 Å². The number of hydrogen-bond acceptors (Lipinski definition) is 5. The van der Waals surface area contributed by atoms with Crippen molar-refractivity contribution in [2.24, 2.45) is 0 Å². The molecule has 0 bridgehead atoms. The van der Waals surface area contributed by atoms with Crippen LogP contribution in [-0.2, 0) is 11.3 Å². The third-order valence-electron chi connectivity index (χ3n) is 4.25. The van der Waals surface area contributed by atoms with Crippen molar-refractivity contribution in [3.63, 3.8) is 0 Å². The molecule has 6 heteroatoms. The maximum Gasteiger partial charge on any atom is 0.266 e. The van der Waals surface area contributed by atoms with Crippen LogP contribution in [0.15, 0.2) is 66.4 Å². The number of ether oxygens (including phenoxy) is 2. The van der Waals surface area contributed by atoms with Crippen LogP contribution < -0.4 is 14.8 Å². The Kier molecular flexibility index (Phi) is 8.58. The smallest absolute Gasteiger partial charge is 0.266 e. The fourth-order valence-corrected chi connectivity index (χ4v) is 2.64. The molecule has 2 rings (SSSR count). The lowest BCUT2D eigenvalue weighted by atomic mass is 10.1. The molecule has 152 valence electrons. The van der Waals surface area contributed by atoms with Gasteiger partial charge in [0.2, 0.25) is 0 Å². The Morgan fingerprint density at radius 2 is 1.79 bits per heavy atom. The van der Waals surface area contributed by atoms with Crippen molar-refractivity contribution in [1.82, 2.24) is 10.2 Å². The largest absolute Gasteiger partial charge is 0.497 e. The van der Waals surface area contributed by atoms with Gasteiger partial charge in [0.1, 0.15) is 29.7 Å². The average Bonchev–Trinajstić information content (AvgIpc) is 2.75. The predicted octanol–water partition coefficient (Wildman–Crippen LogP) is 3.51. The molecular formula is C23H27N3O3. The molecule has 6 nitrogen and oxygen atoms in total. The second kappa shape index (κ2) is 11.4. The fourth-order valence-electron chi connectivity index (χ4n) is 2.64. The van der Waals surface area contributed by atoms with Gasteiger partial charge < -0.3 is 19.7 Å². The summed E-state index contributed by atoms with van der Waals surface area (Å²) < 4.78 is 10.7. The van der Waals surface area contributed by atoms with Crippen molar-refractivity contribution < 1.29 is 14.3 Å². The molecule has 2 aromatic carbocycles. The number of carbonyl (C=O) groups is 1. The first-order chi connectivity index (χ1) is 14.0. The summed E-state index contributed by atoms with van der Waals surface area (Å²) in [6.07, 6.45) is 1.46. The second-order valence-corrected chi connectivity index (χ2v) is 6.66. The van der Waals surface area contributed by atoms with Crippen molar-refractivity contribution in [3.05, 3.63) is 71.9 Å². The Hall–Kier alpha value is -3.46. The lowest BCUT2D eigenvalue weighted by Crippen LogP contribution is -2.37. The van der Waals surface area contributed by atoms with E-state index in [0.717, 1.165) is 17.1 Å². The van der Waals surface area contributed by atoms with Crippen molar-refractivity contribution in [3.8, 4) is 17.6 Å². The first-order valence-corrected chi connectivity index (χ1v) is 9.50. The van der Waals surface area contributed by atoms with E-state index in [9.17, 15) is 10.1 Å². The summed E-state index contributed by atoms with van der Waals surface area (Å²) in [6.45, 7) is 5.19. The third kappa shape index (κ3) is 6.89. The second-order valence-electron chi connectivity index (χ2n) is 6.66. The number of benzene rings is 2. The highest BCUT2D eigenvalue weighted by atomic mass is 16.5. The van der Waals surface area contributed by atoms with E-state index >= 15 is 0 Å². The minimum atomic E-state index is -0.296. The number of hydrogen-bond donors (Lipinski definition) is 1. The van der Waals surface area contributed by atoms with Crippen LogP contribution in [0.25, 0.3) is 0 Å². The summed E-state index contributed by atoms with van der Waals surface area (Å²) >= 11 is 0. The highest BCUT2D eigenvalue weighted by Gasteiger charge is 2.21. The van der Waals surface area contributed by atoms with Gasteiger partial charge in [0, 0.05) is 25.3 Å². The number of nitrogens with zero attached hydrogens (tertiary/aromatic N) is 2. The van der Waals surface area contributed by atoms with E-state index in [1.807, 2.05) is 74.5 Å². The topological polar surface area (TPSA) is 74.6 Å². The SMILES string of the molecule is COc1ccc(OCCN/C=C(/C#N)C(=O)N(Cc2ccccc2)C(C)C)cc1. The zero-order chi connectivity index (χ0) is 21.1. The molecule has 0 atom stereocenters. The first-order valence-electron chi connectivity index (χ1n) is 9.50. The summed E-state index contributed by atoms with van der Waals surface area (Å²) in [5, 5.41) is 12.4. The molecule has 0 heterocycles. The monoisotopic (exact) mass is 393 g/mol. The van der Waals surface area contributed by atoms with Gasteiger partial charge in [-0.1, -0.05) is 30.3 Å². The van der Waals surface area contributed by atoms with Crippen LogP contribution in [0.3, 0.4) is 0 Å². The first kappa shape index (κ1) is 21.8. The van der Waals surface area contributed by atoms with E-state index in [1.165, 1.54) is 6.20 Å². The van der Waals surface area contributed by atoms with E-state index in [4.69, 9.17) is 9.47 Å². The maximum atomic E-state index is 12.8. The zero-order valence-electron chi connectivity index (χ0n) is 17.1. The molecule has 0 spiro atoms. The molecule has 1 amide bonds. The van der Waals surface area contributed by atoms with Gasteiger partial charge >= 0.3 is 0 Å². The van der Waals surface area contributed by atoms with Crippen molar-refractivity contribution in [2.45, 2.75) is 26.4 Å². The highest BCUT2D eigenvalue weighted by Crippen LogP contribution is 2.16. The van der Waals surface area contributed by atoms with Crippen LogP contribution in [0.4, 0.5) is 0 Å². The summed E-state index contributed by atoms with van der Waals surface area (Å²) in [5.41, 5.74) is 1.09. The molecule has 0 radical (unpaired) electrons. The molecule has 0 fully saturated rings. The number of amides is 1. The zero-order valence-corrected chi connectivity index (χ0v) is 17.1. The fraction of sp³-hybridized carbons (Fsp3) is 0.304. The number of nitriles is 1. The van der Waals surface area contributed by atoms with Crippen molar-refractivity contribution >= 4 is 5.91 Å². The molecule has 0 aromatic heterocycles. The minimum absolute atomic E-state index is 0.0298. The normalized spacial score (nSPS) is 10.9. The average molecular weight is 393 g/mol. The summed E-state index contributed by atoms with van der Waals surface area (Å²) in [6, 6.07) is 19.0. The Morgan fingerprint density at radius 3 is 2.38 bits per heavy atom. The predicted molar refractivity (Wildman–Crippen MR) is 112 cm³/mol. The van der Waals surface area contributed by atoms with E-state index < -0.39 is 0 Å². The summed E-state index contributed by atoms with van der Waals surface area (Å²) in [5.74, 6) is 1.19. The van der Waals surface area contributed by atoms with Gasteiger partial charge in [-0.25, -0.2) is 0 Å². The third-order valence-corrected chi connectivity index (χ3v) is 4.25. The van der Waals surface area contributed by atoms with Crippen LogP contribution in [0.2, 0.25) is 0 Å². The van der Waals surface area contributed by atoms with Crippen LogP contribution in [0.1, 0.15) is 19.4 Å². The number of rotatable bonds is 10. The minimum Gasteiger partial charge on any atom is -0.497 e. The molecule has 0 saturated heterocycles. The molecule has 2 aromatic rings. The van der Waals surface area contributed by atoms with Crippen LogP contribution >= 0.6 is 0 Å². The lowest BCUT2D eigenvalue weighted by molar-refractivity contribution is -0.129. The van der Waals surface area contributed by atoms with Gasteiger partial charge in [-0.05, 0) is 43.7 Å². The standard InChI is InChI=1S/C23H27N3O3/c1-18(2)26(17-19-7-5-4-6-8-19)23(27)20(15-24)16-25-13-14-29-22-11-9-21(28-3)10-12-22/h4-12,16,18,25H,13-14,17H2,1-3H3/b20-16-. The van der Waals surface area contributed by atoms with Gasteiger partial charge in [0.15, 0.2) is 0 Å². The highest BCUT2D eigenvalue weighted by molar-refractivity contribution is 5.97. The Balaban J connectivity index is 1.89. The van der Waals surface area contributed by atoms with Gasteiger partial charge in [-0.2, -0.15) is 5.26 Å². The van der Waals surface area contributed by atoms with Gasteiger partial charge in [-0.3, -0.25) is 4.79 Å². The van der Waals surface area contributed by atoms with E-state index in [-0.39, 0.29) is 17.5 Å². The number of nitrogens with one attached hydrogen (secondary N) is 1. The molecule has 0 aliphatic heterocycles. The van der Waals surface area contributed by atoms with Crippen LogP contribution in [0, 0.1) is 11.3 Å². The Morgan fingerprint density at radius 1 is 1.14 bits per heavy atom. The van der Waals surface area contributed by atoms with Gasteiger partial charge in [0.25, 0.3) is 5.91 Å². The molecule has 1 N–H and O–H groups in total. The van der Waals surface area contributed by atoms with E-state index in [2.05, 4.69) is 5.32 Å². The molecule has 0 saturated carbocycles. The lowest BCUT2D eigenvalue weighted by Gasteiger charge is -2.26. The van der Waals surface area contributed by atoms with Crippen molar-refractivity contribution in [1.29, 1.82) is 5.26 Å². The molecule has 0 aliphatic rings. The quantitative estimate of drug-likeness (QED) is 0.380. The van der Waals surface area contributed by atoms with Gasteiger partial charge in [0.05, 0.1) is 7.11 Å². The molecular weight excluding hydrogens is 366 g/mol. The molecule has 0 unspecified atom stereocenters. The number of carbonyl (C=O) groups excluding carboxylic acids is 1. The Labute approximate surface area is 172 Å². The van der Waals surface area contributed by atoms with Gasteiger partial charge in [-0.15, -0.1) is 0 Å². The maximum absolute atomic E-state index is 12.8. The summed E-state index contributed by atoms with van der Waals surface area (Å²) in [7, 11) is 1.61. The van der Waals surface area contributed by atoms with Crippen LogP contribution in [0.5, 0.6) is 11.5 Å². The van der Waals surface area contributed by atoms with E-state index in [0.29, 0.717) is 19.7 Å². The molecule has 29 heavy (non-hydrogen) atoms. The summed E-state index contributed by atoms with van der Waals surface area (Å²) in [4.78, 5) is 14.5. The van der Waals surface area contributed by atoms with Crippen molar-refractivity contribution in [2.75, 3.05) is 20.3 Å². The molecule has 0 aliphatic carbocycles. The van der Waals surface area contributed by atoms with E-state index in [1.54, 1.807) is 12.0 Å². The number of methoxy groups -OCH3 is 1.